The van der Waals surface area contributed by atoms with Gasteiger partial charge in [-0.15, -0.1) is 0 Å². The molecule has 0 saturated carbocycles. The average molecular weight is 328 g/mol. The summed E-state index contributed by atoms with van der Waals surface area (Å²) in [7, 11) is 0. The minimum absolute atomic E-state index is 0.0485. The van der Waals surface area contributed by atoms with Crippen molar-refractivity contribution in [3.8, 4) is 0 Å². The maximum Gasteiger partial charge on any atom is 0.411 e. The lowest BCUT2D eigenvalue weighted by molar-refractivity contribution is -0.175. The molecule has 1 aromatic carbocycles. The van der Waals surface area contributed by atoms with E-state index in [9.17, 15) is 22.4 Å². The van der Waals surface area contributed by atoms with Gasteiger partial charge in [-0.25, -0.2) is 4.39 Å². The van der Waals surface area contributed by atoms with Crippen LogP contribution in [0.2, 0.25) is 5.02 Å². The zero-order valence-corrected chi connectivity index (χ0v) is 11.9. The summed E-state index contributed by atoms with van der Waals surface area (Å²) in [5, 5.41) is 2.42. The number of carbonyl (C=O) groups excluding carboxylic acids is 1. The third-order valence-corrected chi connectivity index (χ3v) is 2.90. The predicted octanol–water partition coefficient (Wildman–Crippen LogP) is 3.57. The Labute approximate surface area is 124 Å². The summed E-state index contributed by atoms with van der Waals surface area (Å²) in [5.41, 5.74) is 0.0485. The number of benzene rings is 1. The fraction of sp³-hybridized carbons (Fsp3) is 0.462. The van der Waals surface area contributed by atoms with Gasteiger partial charge in [-0.3, -0.25) is 4.79 Å². The Kier molecular flexibility index (Phi) is 6.42. The van der Waals surface area contributed by atoms with Gasteiger partial charge in [-0.1, -0.05) is 18.5 Å². The van der Waals surface area contributed by atoms with E-state index in [0.29, 0.717) is 6.42 Å². The number of hydrogen-bond acceptors (Lipinski definition) is 2. The fourth-order valence-electron chi connectivity index (χ4n) is 1.52. The van der Waals surface area contributed by atoms with Crippen molar-refractivity contribution in [2.24, 2.45) is 0 Å². The van der Waals surface area contributed by atoms with E-state index in [0.717, 1.165) is 12.1 Å². The molecule has 1 atom stereocenters. The van der Waals surface area contributed by atoms with Crippen LogP contribution in [0.15, 0.2) is 18.2 Å². The van der Waals surface area contributed by atoms with Gasteiger partial charge in [0, 0.05) is 0 Å². The van der Waals surface area contributed by atoms with E-state index in [-0.39, 0.29) is 17.2 Å². The monoisotopic (exact) mass is 327 g/mol. The predicted molar refractivity (Wildman–Crippen MR) is 69.8 cm³/mol. The van der Waals surface area contributed by atoms with Crippen molar-refractivity contribution < 1.29 is 27.1 Å². The molecular weight excluding hydrogens is 314 g/mol. The zero-order chi connectivity index (χ0) is 16.0. The maximum absolute atomic E-state index is 12.9. The summed E-state index contributed by atoms with van der Waals surface area (Å²) in [6, 6.07) is 2.66. The third kappa shape index (κ3) is 6.31. The fourth-order valence-corrected chi connectivity index (χ4v) is 1.77. The Morgan fingerprint density at radius 1 is 1.43 bits per heavy atom. The van der Waals surface area contributed by atoms with Crippen molar-refractivity contribution in [1.82, 2.24) is 5.32 Å². The van der Waals surface area contributed by atoms with Gasteiger partial charge in [0.05, 0.1) is 23.2 Å². The third-order valence-electron chi connectivity index (χ3n) is 2.59. The highest BCUT2D eigenvalue weighted by Crippen LogP contribution is 2.18. The standard InChI is InChI=1S/C13H14ClF4NO2/c1-2-9(6-21-7-13(16,17)18)19-12(20)10-4-3-8(15)5-11(10)14/h3-5,9H,2,6-7H2,1H3,(H,19,20). The van der Waals surface area contributed by atoms with Crippen molar-refractivity contribution in [1.29, 1.82) is 0 Å². The minimum Gasteiger partial charge on any atom is -0.370 e. The minimum atomic E-state index is -4.41. The number of carbonyl (C=O) groups is 1. The maximum atomic E-state index is 12.9. The number of ether oxygens (including phenoxy) is 1. The highest BCUT2D eigenvalue weighted by atomic mass is 35.5. The molecule has 1 amide bonds. The van der Waals surface area contributed by atoms with E-state index < -0.39 is 30.5 Å². The largest absolute Gasteiger partial charge is 0.411 e. The van der Waals surface area contributed by atoms with Gasteiger partial charge in [0.2, 0.25) is 0 Å². The molecule has 0 aliphatic rings. The first-order chi connectivity index (χ1) is 9.73. The normalized spacial score (nSPS) is 13.0. The molecule has 3 nitrogen and oxygen atoms in total. The number of halogens is 5. The lowest BCUT2D eigenvalue weighted by Crippen LogP contribution is -2.38. The number of nitrogens with one attached hydrogen (secondary N) is 1. The molecule has 0 aromatic heterocycles. The molecule has 0 aliphatic heterocycles. The molecule has 0 spiro atoms. The van der Waals surface area contributed by atoms with Crippen molar-refractivity contribution in [3.05, 3.63) is 34.6 Å². The number of alkyl halides is 3. The molecule has 0 bridgehead atoms. The summed E-state index contributed by atoms with van der Waals surface area (Å²) in [6.07, 6.45) is -4.04. The summed E-state index contributed by atoms with van der Waals surface area (Å²) < 4.78 is 53.3. The quantitative estimate of drug-likeness (QED) is 0.811. The molecule has 0 fully saturated rings. The van der Waals surface area contributed by atoms with E-state index in [1.54, 1.807) is 6.92 Å². The Hall–Kier alpha value is -1.34. The summed E-state index contributed by atoms with van der Waals surface area (Å²) in [5.74, 6) is -1.18. The van der Waals surface area contributed by atoms with Crippen molar-refractivity contribution in [3.63, 3.8) is 0 Å². The van der Waals surface area contributed by atoms with Crippen molar-refractivity contribution in [2.45, 2.75) is 25.6 Å². The topological polar surface area (TPSA) is 38.3 Å². The van der Waals surface area contributed by atoms with Gasteiger partial charge in [-0.05, 0) is 24.6 Å². The number of amides is 1. The molecule has 1 aromatic rings. The van der Waals surface area contributed by atoms with Crippen LogP contribution in [0.25, 0.3) is 0 Å². The van der Waals surface area contributed by atoms with Crippen LogP contribution in [-0.4, -0.2) is 31.3 Å². The van der Waals surface area contributed by atoms with Crippen LogP contribution in [0.1, 0.15) is 23.7 Å². The zero-order valence-electron chi connectivity index (χ0n) is 11.1. The smallest absolute Gasteiger partial charge is 0.370 e. The first-order valence-electron chi connectivity index (χ1n) is 6.13. The van der Waals surface area contributed by atoms with Crippen LogP contribution in [0.4, 0.5) is 17.6 Å². The van der Waals surface area contributed by atoms with Crippen molar-refractivity contribution in [2.75, 3.05) is 13.2 Å². The highest BCUT2D eigenvalue weighted by molar-refractivity contribution is 6.33. The Balaban J connectivity index is 2.58. The van der Waals surface area contributed by atoms with Gasteiger partial charge < -0.3 is 10.1 Å². The Bertz CT molecular complexity index is 494. The van der Waals surface area contributed by atoms with Crippen LogP contribution >= 0.6 is 11.6 Å². The molecule has 21 heavy (non-hydrogen) atoms. The van der Waals surface area contributed by atoms with E-state index in [4.69, 9.17) is 11.6 Å². The molecule has 1 rings (SSSR count). The van der Waals surface area contributed by atoms with Crippen LogP contribution in [0, 0.1) is 5.82 Å². The first kappa shape index (κ1) is 17.7. The van der Waals surface area contributed by atoms with Crippen LogP contribution in [-0.2, 0) is 4.74 Å². The van der Waals surface area contributed by atoms with Gasteiger partial charge >= 0.3 is 6.18 Å². The van der Waals surface area contributed by atoms with E-state index in [1.807, 2.05) is 0 Å². The summed E-state index contributed by atoms with van der Waals surface area (Å²) in [4.78, 5) is 11.9. The van der Waals surface area contributed by atoms with Crippen LogP contribution in [0.5, 0.6) is 0 Å². The Morgan fingerprint density at radius 2 is 2.10 bits per heavy atom. The average Bonchev–Trinajstić information content (AvgIpc) is 2.35. The van der Waals surface area contributed by atoms with Gasteiger partial charge in [0.25, 0.3) is 5.91 Å². The van der Waals surface area contributed by atoms with Crippen molar-refractivity contribution >= 4 is 17.5 Å². The van der Waals surface area contributed by atoms with E-state index >= 15 is 0 Å². The second-order valence-electron chi connectivity index (χ2n) is 4.33. The lowest BCUT2D eigenvalue weighted by Gasteiger charge is -2.18. The summed E-state index contributed by atoms with van der Waals surface area (Å²) >= 11 is 5.73. The van der Waals surface area contributed by atoms with Gasteiger partial charge in [0.15, 0.2) is 0 Å². The van der Waals surface area contributed by atoms with Gasteiger partial charge in [0.1, 0.15) is 12.4 Å². The Morgan fingerprint density at radius 3 is 2.62 bits per heavy atom. The first-order valence-corrected chi connectivity index (χ1v) is 6.51. The van der Waals surface area contributed by atoms with Gasteiger partial charge in [-0.2, -0.15) is 13.2 Å². The molecule has 8 heteroatoms. The SMILES string of the molecule is CCC(COCC(F)(F)F)NC(=O)c1ccc(F)cc1Cl. The highest BCUT2D eigenvalue weighted by Gasteiger charge is 2.28. The second kappa shape index (κ2) is 7.61. The van der Waals surface area contributed by atoms with E-state index in [2.05, 4.69) is 10.1 Å². The van der Waals surface area contributed by atoms with Crippen LogP contribution < -0.4 is 5.32 Å². The summed E-state index contributed by atoms with van der Waals surface area (Å²) in [6.45, 7) is 0.0331. The second-order valence-corrected chi connectivity index (χ2v) is 4.74. The molecule has 0 radical (unpaired) electrons. The molecule has 0 saturated heterocycles. The number of hydrogen-bond donors (Lipinski definition) is 1. The van der Waals surface area contributed by atoms with Crippen LogP contribution in [0.3, 0.4) is 0 Å². The molecule has 118 valence electrons. The molecule has 0 aliphatic carbocycles. The molecular formula is C13H14ClF4NO2. The molecule has 0 heterocycles. The van der Waals surface area contributed by atoms with E-state index in [1.165, 1.54) is 6.07 Å². The molecule has 1 N–H and O–H groups in total. The lowest BCUT2D eigenvalue weighted by atomic mass is 10.1. The molecule has 1 unspecified atom stereocenters. The number of rotatable bonds is 6.